The number of piperidine rings is 1. The fourth-order valence-corrected chi connectivity index (χ4v) is 3.19. The molecule has 0 aliphatic carbocycles. The maximum atomic E-state index is 5.46. The van der Waals surface area contributed by atoms with Gasteiger partial charge in [-0.3, -0.25) is 0 Å². The summed E-state index contributed by atoms with van der Waals surface area (Å²) in [7, 11) is 0. The average Bonchev–Trinajstić information content (AvgIpc) is 3.04. The molecule has 118 valence electrons. The SMILES string of the molecule is c1cn2nc(N[C@@H]3CCCNC3)cc(N3CCOCC3)c2n1. The largest absolute Gasteiger partial charge is 0.378 e. The molecule has 2 aromatic heterocycles. The molecule has 0 unspecified atom stereocenters. The van der Waals surface area contributed by atoms with Gasteiger partial charge in [0.15, 0.2) is 5.65 Å². The third kappa shape index (κ3) is 2.74. The van der Waals surface area contributed by atoms with E-state index >= 15 is 0 Å². The van der Waals surface area contributed by atoms with Crippen molar-refractivity contribution in [1.82, 2.24) is 19.9 Å². The fourth-order valence-electron chi connectivity index (χ4n) is 3.19. The van der Waals surface area contributed by atoms with E-state index in [4.69, 9.17) is 4.74 Å². The second-order valence-electron chi connectivity index (χ2n) is 5.90. The highest BCUT2D eigenvalue weighted by molar-refractivity contribution is 5.71. The van der Waals surface area contributed by atoms with E-state index in [2.05, 4.69) is 31.7 Å². The molecule has 2 fully saturated rings. The summed E-state index contributed by atoms with van der Waals surface area (Å²) in [6.07, 6.45) is 6.10. The zero-order chi connectivity index (χ0) is 14.8. The van der Waals surface area contributed by atoms with Crippen LogP contribution in [-0.2, 0) is 4.74 Å². The van der Waals surface area contributed by atoms with Crippen molar-refractivity contribution in [3.05, 3.63) is 18.5 Å². The summed E-state index contributed by atoms with van der Waals surface area (Å²) < 4.78 is 7.32. The van der Waals surface area contributed by atoms with E-state index in [1.165, 1.54) is 12.8 Å². The molecular weight excluding hydrogens is 280 g/mol. The number of fused-ring (bicyclic) bond motifs is 1. The lowest BCUT2D eigenvalue weighted by molar-refractivity contribution is 0.123. The molecule has 0 radical (unpaired) electrons. The summed E-state index contributed by atoms with van der Waals surface area (Å²) in [4.78, 5) is 6.79. The van der Waals surface area contributed by atoms with E-state index in [0.29, 0.717) is 6.04 Å². The van der Waals surface area contributed by atoms with Crippen LogP contribution >= 0.6 is 0 Å². The van der Waals surface area contributed by atoms with Gasteiger partial charge < -0.3 is 20.3 Å². The zero-order valence-corrected chi connectivity index (χ0v) is 12.7. The van der Waals surface area contributed by atoms with Gasteiger partial charge in [-0.15, -0.1) is 5.10 Å². The van der Waals surface area contributed by atoms with E-state index in [1.54, 1.807) is 6.20 Å². The Morgan fingerprint density at radius 3 is 3.05 bits per heavy atom. The molecule has 0 bridgehead atoms. The van der Waals surface area contributed by atoms with Gasteiger partial charge in [-0.1, -0.05) is 0 Å². The van der Waals surface area contributed by atoms with Gasteiger partial charge in [0, 0.05) is 44.1 Å². The topological polar surface area (TPSA) is 66.7 Å². The number of nitrogens with one attached hydrogen (secondary N) is 2. The van der Waals surface area contributed by atoms with Crippen LogP contribution in [-0.4, -0.2) is 60.0 Å². The number of morpholine rings is 1. The Bertz CT molecular complexity index is 630. The van der Waals surface area contributed by atoms with Crippen molar-refractivity contribution >= 4 is 17.2 Å². The number of ether oxygens (including phenoxy) is 1. The van der Waals surface area contributed by atoms with Crippen LogP contribution in [0.4, 0.5) is 11.5 Å². The van der Waals surface area contributed by atoms with Gasteiger partial charge in [-0.2, -0.15) is 0 Å². The van der Waals surface area contributed by atoms with Crippen LogP contribution < -0.4 is 15.5 Å². The highest BCUT2D eigenvalue weighted by Gasteiger charge is 2.19. The summed E-state index contributed by atoms with van der Waals surface area (Å²) >= 11 is 0. The third-order valence-electron chi connectivity index (χ3n) is 4.34. The number of hydrogen-bond donors (Lipinski definition) is 2. The molecule has 0 amide bonds. The number of imidazole rings is 1. The van der Waals surface area contributed by atoms with Gasteiger partial charge in [0.2, 0.25) is 0 Å². The molecule has 2 N–H and O–H groups in total. The van der Waals surface area contributed by atoms with Gasteiger partial charge in [0.1, 0.15) is 5.82 Å². The van der Waals surface area contributed by atoms with Crippen molar-refractivity contribution in [3.63, 3.8) is 0 Å². The van der Waals surface area contributed by atoms with Crippen molar-refractivity contribution in [1.29, 1.82) is 0 Å². The Morgan fingerprint density at radius 1 is 1.32 bits per heavy atom. The molecule has 4 heterocycles. The fraction of sp³-hybridized carbons (Fsp3) is 0.600. The molecule has 2 aliphatic heterocycles. The van der Waals surface area contributed by atoms with Crippen LogP contribution in [0.3, 0.4) is 0 Å². The quantitative estimate of drug-likeness (QED) is 0.871. The Balaban J connectivity index is 1.63. The van der Waals surface area contributed by atoms with E-state index < -0.39 is 0 Å². The Hall–Kier alpha value is -1.86. The van der Waals surface area contributed by atoms with Crippen molar-refractivity contribution in [2.75, 3.05) is 49.6 Å². The van der Waals surface area contributed by atoms with E-state index in [9.17, 15) is 0 Å². The average molecular weight is 302 g/mol. The standard InChI is InChI=1S/C15H22N6O/c1-2-12(11-16-3-1)18-14-10-13(20-6-8-22-9-7-20)15-17-4-5-21(15)19-14/h4-5,10,12,16H,1-3,6-9,11H2,(H,18,19)/t12-/m1/s1. The smallest absolute Gasteiger partial charge is 0.177 e. The van der Waals surface area contributed by atoms with E-state index in [0.717, 1.165) is 56.5 Å². The number of aromatic nitrogens is 3. The second-order valence-corrected chi connectivity index (χ2v) is 5.90. The predicted octanol–water partition coefficient (Wildman–Crippen LogP) is 0.730. The van der Waals surface area contributed by atoms with Crippen LogP contribution in [0.2, 0.25) is 0 Å². The van der Waals surface area contributed by atoms with Gasteiger partial charge in [-0.05, 0) is 19.4 Å². The number of rotatable bonds is 3. The monoisotopic (exact) mass is 302 g/mol. The highest BCUT2D eigenvalue weighted by atomic mass is 16.5. The summed E-state index contributed by atoms with van der Waals surface area (Å²) in [5.41, 5.74) is 2.05. The number of nitrogens with zero attached hydrogens (tertiary/aromatic N) is 4. The normalized spacial score (nSPS) is 22.9. The lowest BCUT2D eigenvalue weighted by atomic mass is 10.1. The van der Waals surface area contributed by atoms with Crippen LogP contribution in [0.1, 0.15) is 12.8 Å². The first-order chi connectivity index (χ1) is 10.9. The van der Waals surface area contributed by atoms with Crippen LogP contribution in [0.5, 0.6) is 0 Å². The molecule has 7 heteroatoms. The molecule has 2 saturated heterocycles. The molecule has 2 aliphatic rings. The van der Waals surface area contributed by atoms with Crippen molar-refractivity contribution in [2.45, 2.75) is 18.9 Å². The van der Waals surface area contributed by atoms with Gasteiger partial charge in [0.05, 0.1) is 18.9 Å². The first-order valence-corrected chi connectivity index (χ1v) is 8.04. The molecule has 0 spiro atoms. The summed E-state index contributed by atoms with van der Waals surface area (Å²) in [6.45, 7) is 5.45. The minimum atomic E-state index is 0.444. The maximum absolute atomic E-state index is 5.46. The lowest BCUT2D eigenvalue weighted by Crippen LogP contribution is -2.39. The molecule has 2 aromatic rings. The van der Waals surface area contributed by atoms with Gasteiger partial charge in [0.25, 0.3) is 0 Å². The Labute approximate surface area is 129 Å². The molecular formula is C15H22N6O. The number of anilines is 2. The lowest BCUT2D eigenvalue weighted by Gasteiger charge is -2.30. The summed E-state index contributed by atoms with van der Waals surface area (Å²) in [5.74, 6) is 0.917. The Morgan fingerprint density at radius 2 is 2.23 bits per heavy atom. The van der Waals surface area contributed by atoms with E-state index in [-0.39, 0.29) is 0 Å². The molecule has 0 aromatic carbocycles. The van der Waals surface area contributed by atoms with Gasteiger partial charge >= 0.3 is 0 Å². The van der Waals surface area contributed by atoms with Crippen LogP contribution in [0, 0.1) is 0 Å². The maximum Gasteiger partial charge on any atom is 0.177 e. The number of hydrogen-bond acceptors (Lipinski definition) is 6. The van der Waals surface area contributed by atoms with Gasteiger partial charge in [-0.25, -0.2) is 9.50 Å². The molecule has 1 atom stereocenters. The molecule has 4 rings (SSSR count). The predicted molar refractivity (Wildman–Crippen MR) is 85.5 cm³/mol. The highest BCUT2D eigenvalue weighted by Crippen LogP contribution is 2.24. The van der Waals surface area contributed by atoms with Crippen LogP contribution in [0.25, 0.3) is 5.65 Å². The molecule has 7 nitrogen and oxygen atoms in total. The summed E-state index contributed by atoms with van der Waals surface area (Å²) in [5, 5.41) is 11.6. The van der Waals surface area contributed by atoms with Crippen LogP contribution in [0.15, 0.2) is 18.5 Å². The minimum absolute atomic E-state index is 0.444. The zero-order valence-electron chi connectivity index (χ0n) is 12.7. The third-order valence-corrected chi connectivity index (χ3v) is 4.34. The first-order valence-electron chi connectivity index (χ1n) is 8.04. The summed E-state index contributed by atoms with van der Waals surface area (Å²) in [6, 6.07) is 2.57. The molecule has 0 saturated carbocycles. The second kappa shape index (κ2) is 6.10. The van der Waals surface area contributed by atoms with E-state index in [1.807, 2.05) is 10.7 Å². The molecule has 22 heavy (non-hydrogen) atoms. The Kier molecular flexibility index (Phi) is 3.82. The minimum Gasteiger partial charge on any atom is -0.378 e. The van der Waals surface area contributed by atoms with Crippen molar-refractivity contribution < 1.29 is 4.74 Å². The first kappa shape index (κ1) is 13.8. The van der Waals surface area contributed by atoms with Crippen molar-refractivity contribution in [2.24, 2.45) is 0 Å². The van der Waals surface area contributed by atoms with Crippen molar-refractivity contribution in [3.8, 4) is 0 Å².